The predicted molar refractivity (Wildman–Crippen MR) is 128 cm³/mol. The summed E-state index contributed by atoms with van der Waals surface area (Å²) in [5, 5.41) is 0. The zero-order valence-corrected chi connectivity index (χ0v) is 20.4. The van der Waals surface area contributed by atoms with Gasteiger partial charge < -0.3 is 9.64 Å². The summed E-state index contributed by atoms with van der Waals surface area (Å²) in [6.07, 6.45) is 2.51. The highest BCUT2D eigenvalue weighted by Crippen LogP contribution is 2.32. The fourth-order valence-electron chi connectivity index (χ4n) is 4.36. The van der Waals surface area contributed by atoms with Crippen molar-refractivity contribution in [3.05, 3.63) is 53.1 Å². The van der Waals surface area contributed by atoms with E-state index in [1.807, 2.05) is 39.0 Å². The second-order valence-electron chi connectivity index (χ2n) is 9.14. The molecule has 31 heavy (non-hydrogen) atoms. The second-order valence-corrected chi connectivity index (χ2v) is 10.8. The van der Waals surface area contributed by atoms with E-state index in [-0.39, 0.29) is 12.0 Å². The third kappa shape index (κ3) is 5.42. The smallest absolute Gasteiger partial charge is 0.241 e. The van der Waals surface area contributed by atoms with Crippen molar-refractivity contribution in [1.82, 2.24) is 4.72 Å². The summed E-state index contributed by atoms with van der Waals surface area (Å²) < 4.78 is 34.7. The van der Waals surface area contributed by atoms with Crippen LogP contribution >= 0.6 is 0 Å². The van der Waals surface area contributed by atoms with Gasteiger partial charge in [-0.2, -0.15) is 0 Å². The third-order valence-corrected chi connectivity index (χ3v) is 7.87. The first kappa shape index (κ1) is 23.6. The number of nitrogens with zero attached hydrogens (tertiary/aromatic N) is 1. The lowest BCUT2D eigenvalue weighted by molar-refractivity contribution is 0.406. The van der Waals surface area contributed by atoms with E-state index >= 15 is 0 Å². The third-order valence-electron chi connectivity index (χ3n) is 6.19. The lowest BCUT2D eigenvalue weighted by Gasteiger charge is -2.33. The fourth-order valence-corrected chi connectivity index (χ4v) is 5.85. The molecule has 1 fully saturated rings. The standard InChI is InChI=1S/C25H36N2O3S/c1-17(2)23-15-25(19(4)14-24(23)30-6)31(28,29)26-20(5)21-9-11-22(12-10-21)27-13-7-8-18(3)16-27/h9-12,14-15,17-18,20,26H,7-8,13,16H2,1-6H3/t18-,20-/m0/s1. The highest BCUT2D eigenvalue weighted by atomic mass is 32.2. The summed E-state index contributed by atoms with van der Waals surface area (Å²) in [4.78, 5) is 2.73. The van der Waals surface area contributed by atoms with Gasteiger partial charge in [-0.25, -0.2) is 13.1 Å². The van der Waals surface area contributed by atoms with Gasteiger partial charge in [0.25, 0.3) is 0 Å². The molecule has 0 amide bonds. The SMILES string of the molecule is COc1cc(C)c(S(=O)(=O)N[C@@H](C)c2ccc(N3CCC[C@H](C)C3)cc2)cc1C(C)C. The Morgan fingerprint density at radius 2 is 1.81 bits per heavy atom. The van der Waals surface area contributed by atoms with Crippen LogP contribution in [0.2, 0.25) is 0 Å². The molecule has 1 N–H and O–H groups in total. The minimum absolute atomic E-state index is 0.159. The minimum atomic E-state index is -3.67. The molecular weight excluding hydrogens is 408 g/mol. The molecule has 3 rings (SSSR count). The number of hydrogen-bond acceptors (Lipinski definition) is 4. The van der Waals surface area contributed by atoms with Crippen LogP contribution in [0.4, 0.5) is 5.69 Å². The van der Waals surface area contributed by atoms with E-state index in [1.54, 1.807) is 20.1 Å². The van der Waals surface area contributed by atoms with Crippen LogP contribution in [-0.2, 0) is 10.0 Å². The van der Waals surface area contributed by atoms with Crippen molar-refractivity contribution >= 4 is 15.7 Å². The molecule has 1 aliphatic heterocycles. The summed E-state index contributed by atoms with van der Waals surface area (Å²) in [6, 6.07) is 11.5. The van der Waals surface area contributed by atoms with Gasteiger partial charge >= 0.3 is 0 Å². The van der Waals surface area contributed by atoms with Crippen LogP contribution in [0, 0.1) is 12.8 Å². The first-order valence-electron chi connectivity index (χ1n) is 11.2. The maximum absolute atomic E-state index is 13.2. The van der Waals surface area contributed by atoms with Crippen molar-refractivity contribution in [1.29, 1.82) is 0 Å². The zero-order chi connectivity index (χ0) is 22.8. The average molecular weight is 445 g/mol. The zero-order valence-electron chi connectivity index (χ0n) is 19.6. The van der Waals surface area contributed by atoms with Gasteiger partial charge in [-0.05, 0) is 79.5 Å². The van der Waals surface area contributed by atoms with Gasteiger partial charge in [0.05, 0.1) is 12.0 Å². The van der Waals surface area contributed by atoms with Crippen LogP contribution in [0.15, 0.2) is 41.3 Å². The molecular formula is C25H36N2O3S. The van der Waals surface area contributed by atoms with Gasteiger partial charge in [-0.15, -0.1) is 0 Å². The Morgan fingerprint density at radius 1 is 1.13 bits per heavy atom. The number of benzene rings is 2. The lowest BCUT2D eigenvalue weighted by Crippen LogP contribution is -2.34. The van der Waals surface area contributed by atoms with Crippen molar-refractivity contribution in [2.24, 2.45) is 5.92 Å². The molecule has 0 aliphatic carbocycles. The van der Waals surface area contributed by atoms with E-state index in [0.717, 1.165) is 30.0 Å². The fraction of sp³-hybridized carbons (Fsp3) is 0.520. The van der Waals surface area contributed by atoms with Gasteiger partial charge in [0.1, 0.15) is 5.75 Å². The molecule has 2 aromatic carbocycles. The van der Waals surface area contributed by atoms with E-state index in [9.17, 15) is 8.42 Å². The number of methoxy groups -OCH3 is 1. The highest BCUT2D eigenvalue weighted by Gasteiger charge is 2.24. The van der Waals surface area contributed by atoms with Gasteiger partial charge in [0.15, 0.2) is 0 Å². The maximum atomic E-state index is 13.2. The molecule has 0 spiro atoms. The topological polar surface area (TPSA) is 58.6 Å². The second kappa shape index (κ2) is 9.61. The van der Waals surface area contributed by atoms with Crippen molar-refractivity contribution in [2.45, 2.75) is 64.3 Å². The van der Waals surface area contributed by atoms with Crippen LogP contribution in [0.5, 0.6) is 5.75 Å². The Hall–Kier alpha value is -2.05. The molecule has 6 heteroatoms. The normalized spacial score (nSPS) is 18.3. The largest absolute Gasteiger partial charge is 0.496 e. The maximum Gasteiger partial charge on any atom is 0.241 e. The van der Waals surface area contributed by atoms with Crippen molar-refractivity contribution in [3.8, 4) is 5.75 Å². The summed E-state index contributed by atoms with van der Waals surface area (Å²) in [5.74, 6) is 1.59. The van der Waals surface area contributed by atoms with Crippen LogP contribution in [0.25, 0.3) is 0 Å². The molecule has 1 saturated heterocycles. The Labute approximate surface area is 187 Å². The molecule has 1 heterocycles. The summed E-state index contributed by atoms with van der Waals surface area (Å²) in [6.45, 7) is 12.2. The van der Waals surface area contributed by atoms with Crippen LogP contribution < -0.4 is 14.4 Å². The quantitative estimate of drug-likeness (QED) is 0.621. The molecule has 170 valence electrons. The summed E-state index contributed by atoms with van der Waals surface area (Å²) in [7, 11) is -2.06. The van der Waals surface area contributed by atoms with Gasteiger partial charge in [-0.1, -0.05) is 32.9 Å². The van der Waals surface area contributed by atoms with Crippen molar-refractivity contribution in [3.63, 3.8) is 0 Å². The molecule has 2 aromatic rings. The predicted octanol–water partition coefficient (Wildman–Crippen LogP) is 5.40. The van der Waals surface area contributed by atoms with Crippen molar-refractivity contribution in [2.75, 3.05) is 25.1 Å². The number of aryl methyl sites for hydroxylation is 1. The van der Waals surface area contributed by atoms with E-state index in [2.05, 4.69) is 28.7 Å². The molecule has 0 aromatic heterocycles. The number of sulfonamides is 1. The molecule has 0 unspecified atom stereocenters. The van der Waals surface area contributed by atoms with Crippen LogP contribution in [0.1, 0.15) is 69.2 Å². The summed E-state index contributed by atoms with van der Waals surface area (Å²) >= 11 is 0. The Bertz CT molecular complexity index is 1000. The summed E-state index contributed by atoms with van der Waals surface area (Å²) in [5.41, 5.74) is 3.72. The molecule has 1 aliphatic rings. The molecule has 2 atom stereocenters. The van der Waals surface area contributed by atoms with Gasteiger partial charge in [-0.3, -0.25) is 0 Å². The van der Waals surface area contributed by atoms with E-state index in [1.165, 1.54) is 18.5 Å². The molecule has 0 radical (unpaired) electrons. The molecule has 5 nitrogen and oxygen atoms in total. The number of rotatable bonds is 7. The van der Waals surface area contributed by atoms with E-state index < -0.39 is 10.0 Å². The number of ether oxygens (including phenoxy) is 1. The monoisotopic (exact) mass is 444 g/mol. The number of nitrogens with one attached hydrogen (secondary N) is 1. The van der Waals surface area contributed by atoms with Crippen LogP contribution in [0.3, 0.4) is 0 Å². The van der Waals surface area contributed by atoms with Gasteiger partial charge in [0.2, 0.25) is 10.0 Å². The first-order valence-corrected chi connectivity index (χ1v) is 12.7. The van der Waals surface area contributed by atoms with Crippen LogP contribution in [-0.4, -0.2) is 28.6 Å². The van der Waals surface area contributed by atoms with Gasteiger partial charge in [0, 0.05) is 24.8 Å². The number of hydrogen-bond donors (Lipinski definition) is 1. The first-order chi connectivity index (χ1) is 14.6. The Morgan fingerprint density at radius 3 is 2.39 bits per heavy atom. The van der Waals surface area contributed by atoms with E-state index in [0.29, 0.717) is 16.4 Å². The number of anilines is 1. The molecule has 0 saturated carbocycles. The highest BCUT2D eigenvalue weighted by molar-refractivity contribution is 7.89. The lowest BCUT2D eigenvalue weighted by atomic mass is 9.99. The average Bonchev–Trinajstić information content (AvgIpc) is 2.72. The Balaban J connectivity index is 1.79. The van der Waals surface area contributed by atoms with E-state index in [4.69, 9.17) is 4.74 Å². The Kier molecular flexibility index (Phi) is 7.32. The van der Waals surface area contributed by atoms with Crippen molar-refractivity contribution < 1.29 is 13.2 Å². The number of piperidine rings is 1. The minimum Gasteiger partial charge on any atom is -0.496 e. The molecule has 0 bridgehead atoms.